The Morgan fingerprint density at radius 3 is 2.54 bits per heavy atom. The van der Waals surface area contributed by atoms with E-state index < -0.39 is 4.92 Å². The predicted molar refractivity (Wildman–Crippen MR) is 92.7 cm³/mol. The molecule has 9 heteroatoms. The lowest BCUT2D eigenvalue weighted by atomic mass is 10.3. The molecular formula is C15H14N6O2S. The molecule has 3 aromatic heterocycles. The lowest BCUT2D eigenvalue weighted by molar-refractivity contribution is -0.385. The number of aromatic nitrogens is 3. The lowest BCUT2D eigenvalue weighted by Crippen LogP contribution is -2.46. The van der Waals surface area contributed by atoms with Crippen LogP contribution in [0, 0.1) is 10.1 Å². The fourth-order valence-corrected chi connectivity index (χ4v) is 3.65. The summed E-state index contributed by atoms with van der Waals surface area (Å²) in [6.45, 7) is 3.26. The molecule has 0 aromatic carbocycles. The van der Waals surface area contributed by atoms with Crippen molar-refractivity contribution < 1.29 is 4.92 Å². The molecule has 3 aromatic rings. The number of hydrogen-bond donors (Lipinski definition) is 0. The van der Waals surface area contributed by atoms with Crippen LogP contribution >= 0.6 is 11.3 Å². The summed E-state index contributed by atoms with van der Waals surface area (Å²) in [5.74, 6) is 0.770. The Bertz CT molecular complexity index is 840. The van der Waals surface area contributed by atoms with Crippen LogP contribution in [0.1, 0.15) is 0 Å². The molecule has 0 bridgehead atoms. The van der Waals surface area contributed by atoms with E-state index in [1.807, 2.05) is 12.1 Å². The molecule has 1 fully saturated rings. The molecule has 1 aliphatic rings. The second-order valence-electron chi connectivity index (χ2n) is 5.43. The molecule has 8 nitrogen and oxygen atoms in total. The summed E-state index contributed by atoms with van der Waals surface area (Å²) in [5.41, 5.74) is 0.941. The minimum Gasteiger partial charge on any atom is -0.353 e. The van der Waals surface area contributed by atoms with Gasteiger partial charge in [-0.25, -0.2) is 15.0 Å². The van der Waals surface area contributed by atoms with Gasteiger partial charge in [-0.05, 0) is 18.2 Å². The van der Waals surface area contributed by atoms with Gasteiger partial charge in [0.2, 0.25) is 0 Å². The molecule has 0 spiro atoms. The van der Waals surface area contributed by atoms with E-state index in [4.69, 9.17) is 0 Å². The average Bonchev–Trinajstić information content (AvgIpc) is 3.06. The van der Waals surface area contributed by atoms with Crippen LogP contribution in [0.2, 0.25) is 0 Å². The summed E-state index contributed by atoms with van der Waals surface area (Å²) in [6.07, 6.45) is 3.09. The summed E-state index contributed by atoms with van der Waals surface area (Å²) in [4.78, 5) is 28.8. The molecule has 122 valence electrons. The highest BCUT2D eigenvalue weighted by Gasteiger charge is 2.21. The Kier molecular flexibility index (Phi) is 3.69. The van der Waals surface area contributed by atoms with Crippen LogP contribution in [-0.4, -0.2) is 46.1 Å². The van der Waals surface area contributed by atoms with Crippen molar-refractivity contribution in [3.05, 3.63) is 46.8 Å². The number of anilines is 2. The molecule has 0 atom stereocenters. The van der Waals surface area contributed by atoms with Gasteiger partial charge >= 0.3 is 0 Å². The number of fused-ring (bicyclic) bond motifs is 1. The van der Waals surface area contributed by atoms with Crippen molar-refractivity contribution in [1.82, 2.24) is 15.0 Å². The molecule has 0 unspecified atom stereocenters. The number of piperazine rings is 1. The minimum absolute atomic E-state index is 0.0133. The highest BCUT2D eigenvalue weighted by Crippen LogP contribution is 2.28. The van der Waals surface area contributed by atoms with Gasteiger partial charge in [-0.3, -0.25) is 10.1 Å². The highest BCUT2D eigenvalue weighted by atomic mass is 32.1. The van der Waals surface area contributed by atoms with Crippen LogP contribution in [0.5, 0.6) is 0 Å². The van der Waals surface area contributed by atoms with Crippen molar-refractivity contribution in [3.8, 4) is 0 Å². The van der Waals surface area contributed by atoms with Gasteiger partial charge < -0.3 is 9.80 Å². The molecule has 4 rings (SSSR count). The average molecular weight is 342 g/mol. The van der Waals surface area contributed by atoms with E-state index in [1.165, 1.54) is 12.3 Å². The van der Waals surface area contributed by atoms with E-state index in [1.54, 1.807) is 23.6 Å². The first-order valence-corrected chi connectivity index (χ1v) is 8.34. The summed E-state index contributed by atoms with van der Waals surface area (Å²) < 4.78 is 0. The van der Waals surface area contributed by atoms with Gasteiger partial charge in [0.25, 0.3) is 5.69 Å². The third-order valence-corrected chi connectivity index (χ3v) is 5.01. The third-order valence-electron chi connectivity index (χ3n) is 3.97. The van der Waals surface area contributed by atoms with Gasteiger partial charge in [0.15, 0.2) is 5.13 Å². The van der Waals surface area contributed by atoms with Gasteiger partial charge in [0.05, 0.1) is 4.92 Å². The zero-order valence-electron chi connectivity index (χ0n) is 12.7. The van der Waals surface area contributed by atoms with Gasteiger partial charge in [-0.15, -0.1) is 0 Å². The summed E-state index contributed by atoms with van der Waals surface area (Å²) >= 11 is 1.60. The van der Waals surface area contributed by atoms with Crippen molar-refractivity contribution in [1.29, 1.82) is 0 Å². The Labute approximate surface area is 141 Å². The van der Waals surface area contributed by atoms with Crippen LogP contribution in [0.15, 0.2) is 36.7 Å². The highest BCUT2D eigenvalue weighted by molar-refractivity contribution is 7.21. The normalized spacial score (nSPS) is 15.0. The number of pyridine rings is 2. The molecule has 0 N–H and O–H groups in total. The first-order chi connectivity index (χ1) is 11.7. The number of nitrogens with zero attached hydrogens (tertiary/aromatic N) is 6. The first kappa shape index (κ1) is 14.8. The SMILES string of the molecule is O=[N+]([O-])c1ccc(N2CCN(c3nc4cccnc4s3)CC2)nc1. The van der Waals surface area contributed by atoms with Crippen molar-refractivity contribution in [3.63, 3.8) is 0 Å². The maximum Gasteiger partial charge on any atom is 0.287 e. The Morgan fingerprint density at radius 1 is 1.08 bits per heavy atom. The Morgan fingerprint density at radius 2 is 1.88 bits per heavy atom. The first-order valence-electron chi connectivity index (χ1n) is 7.52. The van der Waals surface area contributed by atoms with Crippen molar-refractivity contribution >= 4 is 38.3 Å². The fraction of sp³-hybridized carbons (Fsp3) is 0.267. The number of hydrogen-bond acceptors (Lipinski definition) is 8. The maximum absolute atomic E-state index is 10.7. The monoisotopic (exact) mass is 342 g/mol. The van der Waals surface area contributed by atoms with Crippen LogP contribution in [-0.2, 0) is 0 Å². The van der Waals surface area contributed by atoms with Crippen LogP contribution in [0.25, 0.3) is 10.3 Å². The summed E-state index contributed by atoms with van der Waals surface area (Å²) in [5, 5.41) is 11.7. The Balaban J connectivity index is 1.45. The fourth-order valence-electron chi connectivity index (χ4n) is 2.69. The predicted octanol–water partition coefficient (Wildman–Crippen LogP) is 2.32. The van der Waals surface area contributed by atoms with Gasteiger partial charge in [0.1, 0.15) is 22.4 Å². The molecule has 0 aliphatic carbocycles. The largest absolute Gasteiger partial charge is 0.353 e. The van der Waals surface area contributed by atoms with Crippen molar-refractivity contribution in [2.24, 2.45) is 0 Å². The van der Waals surface area contributed by atoms with E-state index in [9.17, 15) is 10.1 Å². The molecule has 0 saturated carbocycles. The van der Waals surface area contributed by atoms with E-state index in [0.717, 1.165) is 47.5 Å². The van der Waals surface area contributed by atoms with E-state index in [-0.39, 0.29) is 5.69 Å². The molecule has 0 amide bonds. The number of nitro groups is 1. The van der Waals surface area contributed by atoms with Gasteiger partial charge in [0, 0.05) is 38.4 Å². The topological polar surface area (TPSA) is 88.3 Å². The van der Waals surface area contributed by atoms with E-state index >= 15 is 0 Å². The molecule has 0 radical (unpaired) electrons. The van der Waals surface area contributed by atoms with Crippen LogP contribution in [0.3, 0.4) is 0 Å². The molecule has 24 heavy (non-hydrogen) atoms. The van der Waals surface area contributed by atoms with Crippen LogP contribution < -0.4 is 9.80 Å². The van der Waals surface area contributed by atoms with Gasteiger partial charge in [-0.2, -0.15) is 0 Å². The zero-order valence-corrected chi connectivity index (χ0v) is 13.5. The maximum atomic E-state index is 10.7. The number of thiazole rings is 1. The van der Waals surface area contributed by atoms with Crippen LogP contribution in [0.4, 0.5) is 16.6 Å². The zero-order chi connectivity index (χ0) is 16.5. The van der Waals surface area contributed by atoms with E-state index in [0.29, 0.717) is 0 Å². The number of rotatable bonds is 3. The molecule has 1 saturated heterocycles. The smallest absolute Gasteiger partial charge is 0.287 e. The third kappa shape index (κ3) is 2.73. The minimum atomic E-state index is -0.435. The molecular weight excluding hydrogens is 328 g/mol. The quantitative estimate of drug-likeness (QED) is 0.533. The lowest BCUT2D eigenvalue weighted by Gasteiger charge is -2.35. The van der Waals surface area contributed by atoms with Gasteiger partial charge in [-0.1, -0.05) is 11.3 Å². The van der Waals surface area contributed by atoms with Crippen molar-refractivity contribution in [2.45, 2.75) is 0 Å². The molecule has 1 aliphatic heterocycles. The Hall–Kier alpha value is -2.81. The van der Waals surface area contributed by atoms with Crippen molar-refractivity contribution in [2.75, 3.05) is 36.0 Å². The standard InChI is InChI=1S/C15H14N6O2S/c22-21(23)11-3-4-13(17-10-11)19-6-8-20(9-7-19)15-18-12-2-1-5-16-14(12)24-15/h1-5,10H,6-9H2. The second kappa shape index (κ2) is 6.00. The molecule has 4 heterocycles. The summed E-state index contributed by atoms with van der Waals surface area (Å²) in [7, 11) is 0. The second-order valence-corrected chi connectivity index (χ2v) is 6.39. The van der Waals surface area contributed by atoms with E-state index in [2.05, 4.69) is 24.8 Å². The summed E-state index contributed by atoms with van der Waals surface area (Å²) in [6, 6.07) is 7.06.